The van der Waals surface area contributed by atoms with Gasteiger partial charge in [-0.25, -0.2) is 4.98 Å². The van der Waals surface area contributed by atoms with Crippen LogP contribution in [0.4, 0.5) is 14.6 Å². The van der Waals surface area contributed by atoms with Gasteiger partial charge < -0.3 is 15.4 Å². The van der Waals surface area contributed by atoms with E-state index in [0.717, 1.165) is 12.8 Å². The van der Waals surface area contributed by atoms with Crippen molar-refractivity contribution in [3.8, 4) is 0 Å². The molecule has 1 aromatic rings. The number of nitrogens with one attached hydrogen (secondary N) is 3. The lowest BCUT2D eigenvalue weighted by atomic mass is 9.89. The van der Waals surface area contributed by atoms with E-state index >= 15 is 0 Å². The van der Waals surface area contributed by atoms with E-state index in [1.807, 2.05) is 0 Å². The molecule has 3 rings (SSSR count). The van der Waals surface area contributed by atoms with Crippen molar-refractivity contribution < 1.29 is 18.3 Å². The summed E-state index contributed by atoms with van der Waals surface area (Å²) in [6.07, 6.45) is 5.94. The second-order valence-corrected chi connectivity index (χ2v) is 6.77. The number of amides is 1. The number of alkyl halides is 2. The van der Waals surface area contributed by atoms with Gasteiger partial charge in [0, 0.05) is 44.1 Å². The van der Waals surface area contributed by atoms with Gasteiger partial charge in [0.15, 0.2) is 0 Å². The van der Waals surface area contributed by atoms with Gasteiger partial charge in [0.2, 0.25) is 0 Å². The van der Waals surface area contributed by atoms with E-state index in [1.54, 1.807) is 0 Å². The third-order valence-corrected chi connectivity index (χ3v) is 4.82. The molecule has 1 fully saturated rings. The van der Waals surface area contributed by atoms with Crippen LogP contribution in [0.3, 0.4) is 0 Å². The van der Waals surface area contributed by atoms with Crippen LogP contribution in [-0.2, 0) is 9.53 Å². The number of carbonyl (C=O) groups excluding carboxylic acids is 1. The first-order chi connectivity index (χ1) is 13.0. The van der Waals surface area contributed by atoms with Crippen molar-refractivity contribution in [2.75, 3.05) is 25.1 Å². The number of anilines is 1. The molecule has 1 aliphatic carbocycles. The first kappa shape index (κ1) is 19.3. The molecule has 0 aromatic carbocycles. The molecule has 0 radical (unpaired) electrons. The van der Waals surface area contributed by atoms with Crippen LogP contribution >= 0.6 is 0 Å². The zero-order valence-electron chi connectivity index (χ0n) is 14.9. The molecule has 146 valence electrons. The molecule has 1 aromatic heterocycles. The molecule has 2 heterocycles. The molecule has 27 heavy (non-hydrogen) atoms. The number of halogens is 2. The smallest absolute Gasteiger partial charge is 0.288 e. The van der Waals surface area contributed by atoms with Gasteiger partial charge in [-0.05, 0) is 31.6 Å². The Kier molecular flexibility index (Phi) is 6.10. The van der Waals surface area contributed by atoms with Crippen LogP contribution in [0.5, 0.6) is 0 Å². The Balaban J connectivity index is 1.74. The molecule has 1 saturated heterocycles. The fraction of sp³-hybridized carbons (Fsp3) is 0.556. The average molecular weight is 379 g/mol. The van der Waals surface area contributed by atoms with Crippen molar-refractivity contribution in [2.45, 2.75) is 38.0 Å². The van der Waals surface area contributed by atoms with E-state index in [9.17, 15) is 13.6 Å². The van der Waals surface area contributed by atoms with Gasteiger partial charge >= 0.3 is 0 Å². The Labute approximate surface area is 156 Å². The highest BCUT2D eigenvalue weighted by molar-refractivity contribution is 6.44. The predicted octanol–water partition coefficient (Wildman–Crippen LogP) is 2.52. The molecule has 0 atom stereocenters. The van der Waals surface area contributed by atoms with Gasteiger partial charge in [-0.1, -0.05) is 0 Å². The van der Waals surface area contributed by atoms with Crippen molar-refractivity contribution in [1.82, 2.24) is 15.3 Å². The zero-order chi connectivity index (χ0) is 19.3. The minimum atomic E-state index is -3.15. The number of hydrogen-bond acceptors (Lipinski definition) is 6. The lowest BCUT2D eigenvalue weighted by Crippen LogP contribution is -2.39. The molecule has 1 amide bonds. The highest BCUT2D eigenvalue weighted by Gasteiger charge is 2.41. The van der Waals surface area contributed by atoms with E-state index in [0.29, 0.717) is 19.8 Å². The van der Waals surface area contributed by atoms with E-state index in [1.165, 1.54) is 18.6 Å². The summed E-state index contributed by atoms with van der Waals surface area (Å²) in [6.45, 7) is 1.73. The lowest BCUT2D eigenvalue weighted by molar-refractivity contribution is -0.115. The number of carbonyl (C=O) groups is 1. The number of ether oxygens (including phenoxy) is 1. The third kappa shape index (κ3) is 4.85. The summed E-state index contributed by atoms with van der Waals surface area (Å²) in [6, 6.07) is 0. The molecule has 7 nitrogen and oxygen atoms in total. The van der Waals surface area contributed by atoms with Gasteiger partial charge in [-0.3, -0.25) is 15.2 Å². The van der Waals surface area contributed by atoms with E-state index in [2.05, 4.69) is 20.6 Å². The summed E-state index contributed by atoms with van der Waals surface area (Å²) >= 11 is 0. The second kappa shape index (κ2) is 8.51. The minimum absolute atomic E-state index is 0.0291. The SMILES string of the molecule is N=C(C(=O)NCC1CCOCC1)C1=C(Nc2cnccn2)C(F)(F)CCC1. The van der Waals surface area contributed by atoms with Crippen molar-refractivity contribution in [3.05, 3.63) is 29.9 Å². The zero-order valence-corrected chi connectivity index (χ0v) is 14.9. The Hall–Kier alpha value is -2.42. The van der Waals surface area contributed by atoms with Gasteiger partial charge in [0.05, 0.1) is 11.9 Å². The Morgan fingerprint density at radius 2 is 2.11 bits per heavy atom. The van der Waals surface area contributed by atoms with Crippen LogP contribution in [0.1, 0.15) is 32.1 Å². The van der Waals surface area contributed by atoms with Crippen molar-refractivity contribution in [3.63, 3.8) is 0 Å². The number of hydrogen-bond donors (Lipinski definition) is 3. The summed E-state index contributed by atoms with van der Waals surface area (Å²) in [5.74, 6) is -3.35. The van der Waals surface area contributed by atoms with E-state index in [-0.39, 0.29) is 36.6 Å². The van der Waals surface area contributed by atoms with Crippen LogP contribution in [-0.4, -0.2) is 47.3 Å². The lowest BCUT2D eigenvalue weighted by Gasteiger charge is -2.29. The minimum Gasteiger partial charge on any atom is -0.381 e. The number of aromatic nitrogens is 2. The Bertz CT molecular complexity index is 718. The fourth-order valence-electron chi connectivity index (χ4n) is 3.28. The van der Waals surface area contributed by atoms with E-state index < -0.39 is 23.2 Å². The Morgan fingerprint density at radius 1 is 1.33 bits per heavy atom. The molecular weight excluding hydrogens is 356 g/mol. The molecule has 9 heteroatoms. The highest BCUT2D eigenvalue weighted by atomic mass is 19.3. The first-order valence-corrected chi connectivity index (χ1v) is 9.07. The highest BCUT2D eigenvalue weighted by Crippen LogP contribution is 2.38. The van der Waals surface area contributed by atoms with Gasteiger partial charge in [-0.15, -0.1) is 0 Å². The van der Waals surface area contributed by atoms with Crippen LogP contribution in [0, 0.1) is 11.3 Å². The second-order valence-electron chi connectivity index (χ2n) is 6.77. The van der Waals surface area contributed by atoms with Crippen molar-refractivity contribution in [1.29, 1.82) is 5.41 Å². The number of rotatable bonds is 6. The Morgan fingerprint density at radius 3 is 2.81 bits per heavy atom. The molecule has 1 aliphatic heterocycles. The molecule has 0 bridgehead atoms. The van der Waals surface area contributed by atoms with Gasteiger partial charge in [0.1, 0.15) is 11.5 Å². The predicted molar refractivity (Wildman–Crippen MR) is 95.8 cm³/mol. The average Bonchev–Trinajstić information content (AvgIpc) is 2.68. The molecular formula is C18H23F2N5O2. The summed E-state index contributed by atoms with van der Waals surface area (Å²) in [5, 5.41) is 13.5. The first-order valence-electron chi connectivity index (χ1n) is 9.07. The third-order valence-electron chi connectivity index (χ3n) is 4.82. The monoisotopic (exact) mass is 379 g/mol. The van der Waals surface area contributed by atoms with Crippen LogP contribution < -0.4 is 10.6 Å². The van der Waals surface area contributed by atoms with Crippen LogP contribution in [0.15, 0.2) is 29.9 Å². The molecule has 3 N–H and O–H groups in total. The number of allylic oxidation sites excluding steroid dienone is 1. The van der Waals surface area contributed by atoms with Crippen molar-refractivity contribution >= 4 is 17.4 Å². The maximum absolute atomic E-state index is 14.5. The van der Waals surface area contributed by atoms with Crippen molar-refractivity contribution in [2.24, 2.45) is 5.92 Å². The summed E-state index contributed by atoms with van der Waals surface area (Å²) < 4.78 is 34.3. The van der Waals surface area contributed by atoms with Crippen LogP contribution in [0.2, 0.25) is 0 Å². The maximum atomic E-state index is 14.5. The molecule has 0 saturated carbocycles. The largest absolute Gasteiger partial charge is 0.381 e. The molecule has 2 aliphatic rings. The summed E-state index contributed by atoms with van der Waals surface area (Å²) in [4.78, 5) is 20.2. The quantitative estimate of drug-likeness (QED) is 0.660. The van der Waals surface area contributed by atoms with Gasteiger partial charge in [0.25, 0.3) is 11.8 Å². The van der Waals surface area contributed by atoms with Crippen LogP contribution in [0.25, 0.3) is 0 Å². The molecule has 0 unspecified atom stereocenters. The summed E-state index contributed by atoms with van der Waals surface area (Å²) in [5.41, 5.74) is -0.824. The standard InChI is InChI=1S/C18H23F2N5O2/c19-18(20)5-1-2-13(16(18)25-14-11-22-6-7-23-14)15(21)17(26)24-10-12-3-8-27-9-4-12/h6-7,11-12,21H,1-5,8-10H2,(H,23,25)(H,24,26). The normalized spacial score (nSPS) is 20.2. The van der Waals surface area contributed by atoms with E-state index in [4.69, 9.17) is 10.1 Å². The topological polar surface area (TPSA) is 100.0 Å². The maximum Gasteiger partial charge on any atom is 0.288 e. The number of nitrogens with zero attached hydrogens (tertiary/aromatic N) is 2. The van der Waals surface area contributed by atoms with Gasteiger partial charge in [-0.2, -0.15) is 8.78 Å². The summed E-state index contributed by atoms with van der Waals surface area (Å²) in [7, 11) is 0. The molecule has 0 spiro atoms. The fourth-order valence-corrected chi connectivity index (χ4v) is 3.28.